The van der Waals surface area contributed by atoms with E-state index in [1.807, 2.05) is 18.8 Å². The number of hydrogen-bond donors (Lipinski definition) is 2. The first-order chi connectivity index (χ1) is 13.2. The van der Waals surface area contributed by atoms with Crippen molar-refractivity contribution in [1.29, 1.82) is 0 Å². The highest BCUT2D eigenvalue weighted by molar-refractivity contribution is 14.0. The predicted molar refractivity (Wildman–Crippen MR) is 133 cm³/mol. The van der Waals surface area contributed by atoms with Gasteiger partial charge in [-0.25, -0.2) is 0 Å². The minimum Gasteiger partial charge on any atom is -0.354 e. The average Bonchev–Trinajstić information content (AvgIpc) is 3.15. The molecule has 158 valence electrons. The highest BCUT2D eigenvalue weighted by Gasteiger charge is 2.24. The highest BCUT2D eigenvalue weighted by atomic mass is 127. The molecule has 1 aliphatic carbocycles. The third kappa shape index (κ3) is 7.39. The zero-order valence-corrected chi connectivity index (χ0v) is 20.6. The molecule has 0 radical (unpaired) electrons. The first-order valence-electron chi connectivity index (χ1n) is 10.1. The number of hydrogen-bond acceptors (Lipinski definition) is 4. The fourth-order valence-corrected chi connectivity index (χ4v) is 4.68. The SMILES string of the molecule is CN=C(NCc1ccc(CN2CCN(C)CC2)cc1)NC1CCC(SC)C1.I. The van der Waals surface area contributed by atoms with Crippen LogP contribution in [0.25, 0.3) is 0 Å². The van der Waals surface area contributed by atoms with Gasteiger partial charge in [-0.05, 0) is 43.7 Å². The lowest BCUT2D eigenvalue weighted by Crippen LogP contribution is -2.43. The van der Waals surface area contributed by atoms with E-state index in [9.17, 15) is 0 Å². The maximum absolute atomic E-state index is 4.40. The molecule has 5 nitrogen and oxygen atoms in total. The first-order valence-corrected chi connectivity index (χ1v) is 11.4. The number of likely N-dealkylation sites (N-methyl/N-ethyl adjacent to an activating group) is 1. The molecule has 2 atom stereocenters. The van der Waals surface area contributed by atoms with Gasteiger partial charge in [-0.15, -0.1) is 24.0 Å². The average molecular weight is 518 g/mol. The molecular formula is C21H36IN5S. The molecule has 0 aromatic heterocycles. The van der Waals surface area contributed by atoms with E-state index in [0.29, 0.717) is 6.04 Å². The van der Waals surface area contributed by atoms with Gasteiger partial charge in [0, 0.05) is 57.6 Å². The van der Waals surface area contributed by atoms with Gasteiger partial charge in [0.2, 0.25) is 0 Å². The number of benzene rings is 1. The number of aliphatic imine (C=N–C) groups is 1. The number of nitrogens with zero attached hydrogens (tertiary/aromatic N) is 3. The van der Waals surface area contributed by atoms with Crippen molar-refractivity contribution in [3.8, 4) is 0 Å². The van der Waals surface area contributed by atoms with Gasteiger partial charge in [-0.2, -0.15) is 11.8 Å². The van der Waals surface area contributed by atoms with E-state index in [1.54, 1.807) is 0 Å². The van der Waals surface area contributed by atoms with Crippen LogP contribution in [0, 0.1) is 0 Å². The lowest BCUT2D eigenvalue weighted by Gasteiger charge is -2.32. The molecule has 1 aromatic rings. The molecule has 0 amide bonds. The van der Waals surface area contributed by atoms with E-state index in [0.717, 1.165) is 24.3 Å². The normalized spacial score (nSPS) is 24.0. The van der Waals surface area contributed by atoms with Crippen LogP contribution in [0.3, 0.4) is 0 Å². The summed E-state index contributed by atoms with van der Waals surface area (Å²) in [5.41, 5.74) is 2.70. The summed E-state index contributed by atoms with van der Waals surface area (Å²) in [6.45, 7) is 6.55. The van der Waals surface area contributed by atoms with E-state index in [1.165, 1.54) is 56.6 Å². The minimum atomic E-state index is 0. The maximum atomic E-state index is 4.40. The molecule has 7 heteroatoms. The van der Waals surface area contributed by atoms with Gasteiger partial charge < -0.3 is 15.5 Å². The zero-order valence-electron chi connectivity index (χ0n) is 17.5. The third-order valence-corrected chi connectivity index (χ3v) is 6.86. The molecule has 0 spiro atoms. The molecule has 1 aliphatic heterocycles. The first kappa shape index (κ1) is 23.8. The molecule has 1 heterocycles. The van der Waals surface area contributed by atoms with Gasteiger partial charge in [-0.3, -0.25) is 9.89 Å². The number of rotatable bonds is 6. The van der Waals surface area contributed by atoms with Crippen LogP contribution in [0.15, 0.2) is 29.3 Å². The van der Waals surface area contributed by atoms with Crippen LogP contribution in [0.1, 0.15) is 30.4 Å². The summed E-state index contributed by atoms with van der Waals surface area (Å²) >= 11 is 1.99. The molecule has 1 saturated heterocycles. The second kappa shape index (κ2) is 12.2. The van der Waals surface area contributed by atoms with Gasteiger partial charge in [0.15, 0.2) is 5.96 Å². The Labute approximate surface area is 192 Å². The van der Waals surface area contributed by atoms with Crippen molar-refractivity contribution in [2.24, 2.45) is 4.99 Å². The number of thioether (sulfide) groups is 1. The van der Waals surface area contributed by atoms with Crippen LogP contribution in [-0.2, 0) is 13.1 Å². The molecule has 1 saturated carbocycles. The summed E-state index contributed by atoms with van der Waals surface area (Å²) in [6.07, 6.45) is 6.01. The Morgan fingerprint density at radius 2 is 1.79 bits per heavy atom. The lowest BCUT2D eigenvalue weighted by molar-refractivity contribution is 0.148. The van der Waals surface area contributed by atoms with Crippen molar-refractivity contribution >= 4 is 41.7 Å². The minimum absolute atomic E-state index is 0. The van der Waals surface area contributed by atoms with E-state index in [-0.39, 0.29) is 24.0 Å². The molecule has 0 bridgehead atoms. The van der Waals surface area contributed by atoms with Crippen LogP contribution in [0.2, 0.25) is 0 Å². The number of halogens is 1. The van der Waals surface area contributed by atoms with E-state index in [4.69, 9.17) is 0 Å². The molecule has 3 rings (SSSR count). The second-order valence-electron chi connectivity index (χ2n) is 7.83. The fourth-order valence-electron chi connectivity index (χ4n) is 3.89. The van der Waals surface area contributed by atoms with Gasteiger partial charge in [0.25, 0.3) is 0 Å². The lowest BCUT2D eigenvalue weighted by atomic mass is 10.1. The Morgan fingerprint density at radius 1 is 1.11 bits per heavy atom. The molecular weight excluding hydrogens is 481 g/mol. The summed E-state index contributed by atoms with van der Waals surface area (Å²) in [5, 5.41) is 7.85. The Morgan fingerprint density at radius 3 is 2.39 bits per heavy atom. The molecule has 2 fully saturated rings. The van der Waals surface area contributed by atoms with Gasteiger partial charge in [0.05, 0.1) is 0 Å². The number of guanidine groups is 1. The van der Waals surface area contributed by atoms with E-state index >= 15 is 0 Å². The van der Waals surface area contributed by atoms with E-state index < -0.39 is 0 Å². The molecule has 2 unspecified atom stereocenters. The Balaban J connectivity index is 0.00000280. The Bertz CT molecular complexity index is 601. The molecule has 2 N–H and O–H groups in total. The largest absolute Gasteiger partial charge is 0.354 e. The summed E-state index contributed by atoms with van der Waals surface area (Å²) in [5.74, 6) is 0.920. The molecule has 2 aliphatic rings. The number of nitrogens with one attached hydrogen (secondary N) is 2. The Kier molecular flexibility index (Phi) is 10.4. The van der Waals surface area contributed by atoms with E-state index in [2.05, 4.69) is 63.0 Å². The van der Waals surface area contributed by atoms with Crippen molar-refractivity contribution in [3.63, 3.8) is 0 Å². The van der Waals surface area contributed by atoms with Gasteiger partial charge in [-0.1, -0.05) is 24.3 Å². The Hall–Kier alpha value is -0.510. The molecule has 1 aromatic carbocycles. The monoisotopic (exact) mass is 517 g/mol. The third-order valence-electron chi connectivity index (χ3n) is 5.77. The summed E-state index contributed by atoms with van der Waals surface area (Å²) in [4.78, 5) is 9.34. The van der Waals surface area contributed by atoms with Crippen LogP contribution in [0.5, 0.6) is 0 Å². The van der Waals surface area contributed by atoms with Crippen LogP contribution in [-0.4, -0.2) is 73.6 Å². The van der Waals surface area contributed by atoms with Crippen LogP contribution >= 0.6 is 35.7 Å². The quantitative estimate of drug-likeness (QED) is 0.345. The van der Waals surface area contributed by atoms with Crippen molar-refractivity contribution < 1.29 is 0 Å². The highest BCUT2D eigenvalue weighted by Crippen LogP contribution is 2.28. The van der Waals surface area contributed by atoms with Crippen LogP contribution in [0.4, 0.5) is 0 Å². The molecule has 28 heavy (non-hydrogen) atoms. The number of piperazine rings is 1. The van der Waals surface area contributed by atoms with Gasteiger partial charge in [0.1, 0.15) is 0 Å². The predicted octanol–water partition coefficient (Wildman–Crippen LogP) is 3.00. The second-order valence-corrected chi connectivity index (χ2v) is 8.97. The summed E-state index contributed by atoms with van der Waals surface area (Å²) < 4.78 is 0. The van der Waals surface area contributed by atoms with Crippen molar-refractivity contribution in [2.45, 2.75) is 43.6 Å². The summed E-state index contributed by atoms with van der Waals surface area (Å²) in [7, 11) is 4.06. The zero-order chi connectivity index (χ0) is 19.1. The maximum Gasteiger partial charge on any atom is 0.191 e. The standard InChI is InChI=1S/C21H35N5S.HI/c1-22-21(24-19-8-9-20(14-19)27-3)23-15-17-4-6-18(7-5-17)16-26-12-10-25(2)11-13-26;/h4-7,19-20H,8-16H2,1-3H3,(H2,22,23,24);1H. The summed E-state index contributed by atoms with van der Waals surface area (Å²) in [6, 6.07) is 9.58. The topological polar surface area (TPSA) is 42.9 Å². The fraction of sp³-hybridized carbons (Fsp3) is 0.667. The van der Waals surface area contributed by atoms with Crippen molar-refractivity contribution in [3.05, 3.63) is 35.4 Å². The van der Waals surface area contributed by atoms with Gasteiger partial charge >= 0.3 is 0 Å². The van der Waals surface area contributed by atoms with Crippen molar-refractivity contribution in [1.82, 2.24) is 20.4 Å². The van der Waals surface area contributed by atoms with Crippen molar-refractivity contribution in [2.75, 3.05) is 46.5 Å². The smallest absolute Gasteiger partial charge is 0.191 e. The van der Waals surface area contributed by atoms with Crippen LogP contribution < -0.4 is 10.6 Å².